The maximum absolute atomic E-state index is 12.3. The topological polar surface area (TPSA) is 83.1 Å². The minimum absolute atomic E-state index is 0.0106. The van der Waals surface area contributed by atoms with Crippen LogP contribution in [0.2, 0.25) is 0 Å². The van der Waals surface area contributed by atoms with Crippen molar-refractivity contribution in [1.29, 1.82) is 0 Å². The Hall–Kier alpha value is -2.41. The van der Waals surface area contributed by atoms with E-state index < -0.39 is 0 Å². The van der Waals surface area contributed by atoms with Crippen molar-refractivity contribution in [3.05, 3.63) is 36.2 Å². The molecule has 1 saturated heterocycles. The fourth-order valence-corrected chi connectivity index (χ4v) is 3.08. The van der Waals surface area contributed by atoms with E-state index in [0.29, 0.717) is 25.5 Å². The van der Waals surface area contributed by atoms with Crippen molar-refractivity contribution in [2.45, 2.75) is 25.2 Å². The number of nitrogens with zero attached hydrogens (tertiary/aromatic N) is 3. The Morgan fingerprint density at radius 1 is 1.40 bits per heavy atom. The van der Waals surface area contributed by atoms with E-state index >= 15 is 0 Å². The standard InChI is InChI=1S/C18H25N5O2/c1-25-12-6-10-19-18(24)23-11-5-9-15(13-23)17-20-16(21-22-17)14-7-3-2-4-8-14/h2-4,7-8,15H,5-6,9-13H2,1H3,(H,19,24)(H,20,21,22)/t15-/m1/s1. The number of likely N-dealkylation sites (tertiary alicyclic amines) is 1. The van der Waals surface area contributed by atoms with Gasteiger partial charge in [-0.2, -0.15) is 5.10 Å². The zero-order chi connectivity index (χ0) is 17.5. The fourth-order valence-electron chi connectivity index (χ4n) is 3.08. The molecule has 1 aromatic heterocycles. The number of urea groups is 1. The molecular formula is C18H25N5O2. The molecule has 0 bridgehead atoms. The Kier molecular flexibility index (Phi) is 6.00. The number of ether oxygens (including phenoxy) is 1. The van der Waals surface area contributed by atoms with Crippen molar-refractivity contribution in [3.8, 4) is 11.4 Å². The number of nitrogens with one attached hydrogen (secondary N) is 2. The molecule has 0 spiro atoms. The van der Waals surface area contributed by atoms with E-state index in [1.807, 2.05) is 35.2 Å². The van der Waals surface area contributed by atoms with Crippen LogP contribution in [0.5, 0.6) is 0 Å². The number of amides is 2. The monoisotopic (exact) mass is 343 g/mol. The molecule has 1 fully saturated rings. The number of benzene rings is 1. The Morgan fingerprint density at radius 2 is 2.24 bits per heavy atom. The number of aromatic nitrogens is 3. The van der Waals surface area contributed by atoms with Gasteiger partial charge < -0.3 is 15.0 Å². The molecule has 0 radical (unpaired) electrons. The fraction of sp³-hybridized carbons (Fsp3) is 0.500. The second-order valence-corrected chi connectivity index (χ2v) is 6.27. The SMILES string of the molecule is COCCCNC(=O)N1CCC[C@@H](c2nc(-c3ccccc3)n[nH]2)C1. The van der Waals surface area contributed by atoms with Gasteiger partial charge >= 0.3 is 6.03 Å². The van der Waals surface area contributed by atoms with Crippen molar-refractivity contribution in [2.75, 3.05) is 33.4 Å². The van der Waals surface area contributed by atoms with E-state index in [0.717, 1.165) is 37.2 Å². The summed E-state index contributed by atoms with van der Waals surface area (Å²) in [5.74, 6) is 1.76. The van der Waals surface area contributed by atoms with Crippen molar-refractivity contribution < 1.29 is 9.53 Å². The predicted molar refractivity (Wildman–Crippen MR) is 95.3 cm³/mol. The molecular weight excluding hydrogens is 318 g/mol. The van der Waals surface area contributed by atoms with E-state index in [2.05, 4.69) is 20.5 Å². The summed E-state index contributed by atoms with van der Waals surface area (Å²) >= 11 is 0. The lowest BCUT2D eigenvalue weighted by molar-refractivity contribution is 0.173. The second-order valence-electron chi connectivity index (χ2n) is 6.27. The first-order valence-corrected chi connectivity index (χ1v) is 8.77. The molecule has 1 aromatic carbocycles. The zero-order valence-electron chi connectivity index (χ0n) is 14.6. The van der Waals surface area contributed by atoms with E-state index in [1.165, 1.54) is 0 Å². The lowest BCUT2D eigenvalue weighted by Crippen LogP contribution is -2.45. The molecule has 1 aliphatic rings. The van der Waals surface area contributed by atoms with E-state index in [1.54, 1.807) is 7.11 Å². The number of carbonyl (C=O) groups is 1. The van der Waals surface area contributed by atoms with Crippen molar-refractivity contribution in [3.63, 3.8) is 0 Å². The number of aromatic amines is 1. The van der Waals surface area contributed by atoms with Crippen molar-refractivity contribution in [1.82, 2.24) is 25.4 Å². The number of hydrogen-bond donors (Lipinski definition) is 2. The van der Waals surface area contributed by atoms with E-state index in [9.17, 15) is 4.79 Å². The number of rotatable bonds is 6. The number of carbonyl (C=O) groups excluding carboxylic acids is 1. The number of hydrogen-bond acceptors (Lipinski definition) is 4. The zero-order valence-corrected chi connectivity index (χ0v) is 14.6. The maximum atomic E-state index is 12.3. The van der Waals surface area contributed by atoms with Gasteiger partial charge in [0.25, 0.3) is 0 Å². The second kappa shape index (κ2) is 8.62. The maximum Gasteiger partial charge on any atom is 0.317 e. The molecule has 7 nitrogen and oxygen atoms in total. The van der Waals surface area contributed by atoms with Gasteiger partial charge in [-0.1, -0.05) is 30.3 Å². The van der Waals surface area contributed by atoms with Crippen LogP contribution < -0.4 is 5.32 Å². The van der Waals surface area contributed by atoms with Crippen LogP contribution in [0.15, 0.2) is 30.3 Å². The highest BCUT2D eigenvalue weighted by atomic mass is 16.5. The minimum Gasteiger partial charge on any atom is -0.385 e. The number of piperidine rings is 1. The van der Waals surface area contributed by atoms with Gasteiger partial charge in [-0.3, -0.25) is 5.10 Å². The van der Waals surface area contributed by atoms with Crippen LogP contribution in [-0.4, -0.2) is 59.5 Å². The Morgan fingerprint density at radius 3 is 3.04 bits per heavy atom. The Balaban J connectivity index is 1.58. The summed E-state index contributed by atoms with van der Waals surface area (Å²) in [6.07, 6.45) is 2.80. The van der Waals surface area contributed by atoms with Crippen LogP contribution in [0.1, 0.15) is 31.0 Å². The molecule has 134 valence electrons. The minimum atomic E-state index is -0.0106. The van der Waals surface area contributed by atoms with Crippen LogP contribution in [0.4, 0.5) is 4.79 Å². The first kappa shape index (κ1) is 17.4. The average molecular weight is 343 g/mol. The van der Waals surface area contributed by atoms with Crippen molar-refractivity contribution in [2.24, 2.45) is 0 Å². The third-order valence-electron chi connectivity index (χ3n) is 4.43. The lowest BCUT2D eigenvalue weighted by atomic mass is 9.97. The van der Waals surface area contributed by atoms with E-state index in [4.69, 9.17) is 4.74 Å². The Labute approximate surface area is 147 Å². The van der Waals surface area contributed by atoms with Crippen LogP contribution in [-0.2, 0) is 4.74 Å². The van der Waals surface area contributed by atoms with E-state index in [-0.39, 0.29) is 11.9 Å². The summed E-state index contributed by atoms with van der Waals surface area (Å²) in [5, 5.41) is 10.3. The van der Waals surface area contributed by atoms with Crippen molar-refractivity contribution >= 4 is 6.03 Å². The quantitative estimate of drug-likeness (QED) is 0.789. The van der Waals surface area contributed by atoms with Gasteiger partial charge in [0.1, 0.15) is 5.82 Å². The lowest BCUT2D eigenvalue weighted by Gasteiger charge is -2.31. The van der Waals surface area contributed by atoms with Gasteiger partial charge in [0, 0.05) is 44.8 Å². The highest BCUT2D eigenvalue weighted by molar-refractivity contribution is 5.74. The average Bonchev–Trinajstić information content (AvgIpc) is 3.16. The number of H-pyrrole nitrogens is 1. The van der Waals surface area contributed by atoms with Gasteiger partial charge in [-0.15, -0.1) is 0 Å². The number of methoxy groups -OCH3 is 1. The summed E-state index contributed by atoms with van der Waals surface area (Å²) < 4.78 is 5.00. The van der Waals surface area contributed by atoms with Crippen LogP contribution in [0.25, 0.3) is 11.4 Å². The van der Waals surface area contributed by atoms with Crippen LogP contribution >= 0.6 is 0 Å². The van der Waals surface area contributed by atoms with Gasteiger partial charge in [0.2, 0.25) is 0 Å². The van der Waals surface area contributed by atoms with Gasteiger partial charge in [0.15, 0.2) is 5.82 Å². The van der Waals surface area contributed by atoms with Gasteiger partial charge in [0.05, 0.1) is 0 Å². The molecule has 7 heteroatoms. The molecule has 3 rings (SSSR count). The summed E-state index contributed by atoms with van der Waals surface area (Å²) in [7, 11) is 1.66. The van der Waals surface area contributed by atoms with Gasteiger partial charge in [-0.05, 0) is 19.3 Å². The van der Waals surface area contributed by atoms with Crippen LogP contribution in [0.3, 0.4) is 0 Å². The molecule has 1 aliphatic heterocycles. The first-order chi connectivity index (χ1) is 12.3. The van der Waals surface area contributed by atoms with Crippen LogP contribution in [0, 0.1) is 0 Å². The summed E-state index contributed by atoms with van der Waals surface area (Å²) in [6.45, 7) is 2.74. The molecule has 2 amide bonds. The molecule has 2 heterocycles. The first-order valence-electron chi connectivity index (χ1n) is 8.77. The highest BCUT2D eigenvalue weighted by Gasteiger charge is 2.27. The third-order valence-corrected chi connectivity index (χ3v) is 4.43. The molecule has 0 saturated carbocycles. The molecule has 0 aliphatic carbocycles. The van der Waals surface area contributed by atoms with Gasteiger partial charge in [-0.25, -0.2) is 9.78 Å². The smallest absolute Gasteiger partial charge is 0.317 e. The molecule has 0 unspecified atom stereocenters. The predicted octanol–water partition coefficient (Wildman–Crippen LogP) is 2.40. The third kappa shape index (κ3) is 4.57. The normalized spacial score (nSPS) is 17.5. The summed E-state index contributed by atoms with van der Waals surface area (Å²) in [4.78, 5) is 18.8. The summed E-state index contributed by atoms with van der Waals surface area (Å²) in [5.41, 5.74) is 0.994. The summed E-state index contributed by atoms with van der Waals surface area (Å²) in [6, 6.07) is 9.90. The largest absolute Gasteiger partial charge is 0.385 e. The molecule has 2 aromatic rings. The Bertz CT molecular complexity index is 673. The molecule has 2 N–H and O–H groups in total. The highest BCUT2D eigenvalue weighted by Crippen LogP contribution is 2.26. The molecule has 1 atom stereocenters. The molecule has 25 heavy (non-hydrogen) atoms.